The quantitative estimate of drug-likeness (QED) is 0.727. The second-order valence-corrected chi connectivity index (χ2v) is 7.62. The Morgan fingerprint density at radius 3 is 2.74 bits per heavy atom. The van der Waals surface area contributed by atoms with Crippen LogP contribution in [0.1, 0.15) is 37.4 Å². The van der Waals surface area contributed by atoms with E-state index in [0.717, 1.165) is 35.3 Å². The number of rotatable bonds is 6. The fourth-order valence-electron chi connectivity index (χ4n) is 3.76. The number of nitrogens with one attached hydrogen (secondary N) is 1. The molecule has 0 radical (unpaired) electrons. The topological polar surface area (TPSA) is 67.8 Å². The van der Waals surface area contributed by atoms with Gasteiger partial charge < -0.3 is 19.9 Å². The average molecular weight is 369 g/mol. The lowest BCUT2D eigenvalue weighted by molar-refractivity contribution is 0.146. The van der Waals surface area contributed by atoms with Crippen LogP contribution in [-0.4, -0.2) is 31.5 Å². The van der Waals surface area contributed by atoms with E-state index in [1.165, 1.54) is 5.56 Å². The summed E-state index contributed by atoms with van der Waals surface area (Å²) in [7, 11) is 1.65. The fourth-order valence-corrected chi connectivity index (χ4v) is 3.76. The van der Waals surface area contributed by atoms with E-state index in [1.807, 2.05) is 24.3 Å². The molecule has 0 saturated carbocycles. The van der Waals surface area contributed by atoms with E-state index >= 15 is 0 Å². The summed E-state index contributed by atoms with van der Waals surface area (Å²) in [5, 5.41) is 12.0. The molecule has 3 rings (SSSR count). The zero-order valence-corrected chi connectivity index (χ0v) is 16.1. The van der Waals surface area contributed by atoms with Gasteiger partial charge in [0.1, 0.15) is 12.4 Å². The number of benzene rings is 2. The number of aryl methyl sites for hydroxylation is 1. The third-order valence-electron chi connectivity index (χ3n) is 5.29. The van der Waals surface area contributed by atoms with E-state index in [1.54, 1.807) is 7.11 Å². The number of hydrogen-bond donors (Lipinski definition) is 2. The third kappa shape index (κ3) is 4.25. The molecule has 0 bridgehead atoms. The highest BCUT2D eigenvalue weighted by atomic mass is 16.5. The molecule has 5 heteroatoms. The highest BCUT2D eigenvalue weighted by molar-refractivity contribution is 5.72. The first kappa shape index (κ1) is 19.2. The standard InChI is InChI=1S/C22H27NO4/c1-22(2)11-10-16-14-15(8-9-18(16)20(22)23-21(24)25)17-6-4-5-7-19(17)27-13-12-26-3/h4-9,14,20,23H,10-13H2,1-3H3,(H,24,25)/t20-/m1/s1. The van der Waals surface area contributed by atoms with Crippen LogP contribution < -0.4 is 10.1 Å². The molecule has 5 nitrogen and oxygen atoms in total. The van der Waals surface area contributed by atoms with Crippen molar-refractivity contribution in [3.63, 3.8) is 0 Å². The molecule has 2 aromatic rings. The first-order valence-electron chi connectivity index (χ1n) is 9.26. The summed E-state index contributed by atoms with van der Waals surface area (Å²) >= 11 is 0. The van der Waals surface area contributed by atoms with E-state index in [9.17, 15) is 9.90 Å². The summed E-state index contributed by atoms with van der Waals surface area (Å²) in [6, 6.07) is 14.0. The largest absolute Gasteiger partial charge is 0.491 e. The molecular weight excluding hydrogens is 342 g/mol. The third-order valence-corrected chi connectivity index (χ3v) is 5.29. The van der Waals surface area contributed by atoms with Crippen LogP contribution >= 0.6 is 0 Å². The van der Waals surface area contributed by atoms with Crippen molar-refractivity contribution < 1.29 is 19.4 Å². The van der Waals surface area contributed by atoms with Crippen LogP contribution in [0.4, 0.5) is 4.79 Å². The Hall–Kier alpha value is -2.53. The minimum absolute atomic E-state index is 0.117. The number of fused-ring (bicyclic) bond motifs is 1. The van der Waals surface area contributed by atoms with Gasteiger partial charge in [-0.2, -0.15) is 0 Å². The zero-order valence-electron chi connectivity index (χ0n) is 16.1. The summed E-state index contributed by atoms with van der Waals surface area (Å²) in [5.74, 6) is 0.825. The van der Waals surface area contributed by atoms with Crippen LogP contribution in [0, 0.1) is 5.41 Å². The molecule has 0 saturated heterocycles. The lowest BCUT2D eigenvalue weighted by Gasteiger charge is -2.40. The van der Waals surface area contributed by atoms with Crippen molar-refractivity contribution in [2.75, 3.05) is 20.3 Å². The molecule has 2 aromatic carbocycles. The van der Waals surface area contributed by atoms with Crippen molar-refractivity contribution in [2.45, 2.75) is 32.7 Å². The zero-order chi connectivity index (χ0) is 19.4. The van der Waals surface area contributed by atoms with Crippen LogP contribution in [-0.2, 0) is 11.2 Å². The Morgan fingerprint density at radius 2 is 2.00 bits per heavy atom. The maximum absolute atomic E-state index is 11.3. The van der Waals surface area contributed by atoms with Gasteiger partial charge in [-0.25, -0.2) is 4.79 Å². The van der Waals surface area contributed by atoms with Gasteiger partial charge in [0.25, 0.3) is 0 Å². The molecule has 0 spiro atoms. The van der Waals surface area contributed by atoms with Gasteiger partial charge in [0.2, 0.25) is 0 Å². The Morgan fingerprint density at radius 1 is 1.22 bits per heavy atom. The van der Waals surface area contributed by atoms with Crippen LogP contribution in [0.15, 0.2) is 42.5 Å². The van der Waals surface area contributed by atoms with Crippen molar-refractivity contribution >= 4 is 6.09 Å². The average Bonchev–Trinajstić information content (AvgIpc) is 2.64. The van der Waals surface area contributed by atoms with E-state index < -0.39 is 6.09 Å². The first-order valence-corrected chi connectivity index (χ1v) is 9.26. The molecule has 1 aliphatic carbocycles. The normalized spacial score (nSPS) is 17.8. The Balaban J connectivity index is 1.94. The van der Waals surface area contributed by atoms with Crippen LogP contribution in [0.3, 0.4) is 0 Å². The summed E-state index contributed by atoms with van der Waals surface area (Å²) in [5.41, 5.74) is 4.25. The number of carbonyl (C=O) groups is 1. The van der Waals surface area contributed by atoms with Crippen LogP contribution in [0.25, 0.3) is 11.1 Å². The van der Waals surface area contributed by atoms with E-state index in [4.69, 9.17) is 9.47 Å². The molecule has 2 N–H and O–H groups in total. The molecule has 0 fully saturated rings. The van der Waals surface area contributed by atoms with E-state index in [-0.39, 0.29) is 11.5 Å². The highest BCUT2D eigenvalue weighted by Gasteiger charge is 2.37. The van der Waals surface area contributed by atoms with Crippen molar-refractivity contribution in [1.82, 2.24) is 5.32 Å². The Bertz CT molecular complexity index is 816. The molecule has 1 aliphatic rings. The monoisotopic (exact) mass is 369 g/mol. The smallest absolute Gasteiger partial charge is 0.405 e. The molecule has 144 valence electrons. The molecular formula is C22H27NO4. The number of methoxy groups -OCH3 is 1. The van der Waals surface area contributed by atoms with Crippen molar-refractivity contribution in [1.29, 1.82) is 0 Å². The van der Waals surface area contributed by atoms with Crippen LogP contribution in [0.5, 0.6) is 5.75 Å². The lowest BCUT2D eigenvalue weighted by atomic mass is 9.70. The lowest BCUT2D eigenvalue weighted by Crippen LogP contribution is -2.40. The van der Waals surface area contributed by atoms with Crippen molar-refractivity contribution in [3.05, 3.63) is 53.6 Å². The Kier molecular flexibility index (Phi) is 5.71. The molecule has 27 heavy (non-hydrogen) atoms. The van der Waals surface area contributed by atoms with Crippen molar-refractivity contribution in [2.24, 2.45) is 5.41 Å². The summed E-state index contributed by atoms with van der Waals surface area (Å²) < 4.78 is 10.9. The van der Waals surface area contributed by atoms with Crippen LogP contribution in [0.2, 0.25) is 0 Å². The maximum atomic E-state index is 11.3. The fraction of sp³-hybridized carbons (Fsp3) is 0.409. The second kappa shape index (κ2) is 8.01. The minimum atomic E-state index is -0.984. The number of carboxylic acid groups (broad SMARTS) is 1. The molecule has 0 unspecified atom stereocenters. The summed E-state index contributed by atoms with van der Waals surface area (Å²) in [6.45, 7) is 5.26. The number of amides is 1. The molecule has 0 aliphatic heterocycles. The van der Waals surface area contributed by atoms with Gasteiger partial charge in [-0.15, -0.1) is 0 Å². The highest BCUT2D eigenvalue weighted by Crippen LogP contribution is 2.44. The van der Waals surface area contributed by atoms with Gasteiger partial charge in [0, 0.05) is 12.7 Å². The number of ether oxygens (including phenoxy) is 2. The van der Waals surface area contributed by atoms with Gasteiger partial charge >= 0.3 is 6.09 Å². The number of para-hydroxylation sites is 1. The predicted octanol–water partition coefficient (Wildman–Crippen LogP) is 4.66. The molecule has 0 heterocycles. The first-order chi connectivity index (χ1) is 12.9. The molecule has 0 aromatic heterocycles. The summed E-state index contributed by atoms with van der Waals surface area (Å²) in [6.07, 6.45) is 0.878. The van der Waals surface area contributed by atoms with Gasteiger partial charge in [0.15, 0.2) is 0 Å². The molecule has 1 amide bonds. The predicted molar refractivity (Wildman–Crippen MR) is 105 cm³/mol. The van der Waals surface area contributed by atoms with Gasteiger partial charge in [-0.3, -0.25) is 0 Å². The van der Waals surface area contributed by atoms with E-state index in [2.05, 4.69) is 37.4 Å². The summed E-state index contributed by atoms with van der Waals surface area (Å²) in [4.78, 5) is 11.3. The minimum Gasteiger partial charge on any atom is -0.491 e. The van der Waals surface area contributed by atoms with Crippen molar-refractivity contribution in [3.8, 4) is 16.9 Å². The van der Waals surface area contributed by atoms with E-state index in [0.29, 0.717) is 13.2 Å². The maximum Gasteiger partial charge on any atom is 0.405 e. The SMILES string of the molecule is COCCOc1ccccc1-c1ccc2c(c1)CCC(C)(C)[C@@H]2NC(=O)O. The Labute approximate surface area is 160 Å². The van der Waals surface area contributed by atoms with Gasteiger partial charge in [-0.1, -0.05) is 50.2 Å². The number of hydrogen-bond acceptors (Lipinski definition) is 3. The van der Waals surface area contributed by atoms with Gasteiger partial charge in [-0.05, 0) is 41.0 Å². The molecule has 1 atom stereocenters. The second-order valence-electron chi connectivity index (χ2n) is 7.62. The van der Waals surface area contributed by atoms with Gasteiger partial charge in [0.05, 0.1) is 12.6 Å².